The summed E-state index contributed by atoms with van der Waals surface area (Å²) in [5, 5.41) is 0. The molecular weight excluding hydrogens is 192 g/mol. The minimum Gasteiger partial charge on any atom is -0.329 e. The van der Waals surface area contributed by atoms with Gasteiger partial charge in [0.2, 0.25) is 0 Å². The number of thioether (sulfide) groups is 1. The lowest BCUT2D eigenvalue weighted by atomic mass is 9.96. The summed E-state index contributed by atoms with van der Waals surface area (Å²) in [4.78, 5) is 2.69. The molecule has 0 aromatic heterocycles. The quantitative estimate of drug-likeness (QED) is 0.756. The Morgan fingerprint density at radius 2 is 2.29 bits per heavy atom. The van der Waals surface area contributed by atoms with Crippen molar-refractivity contribution in [1.29, 1.82) is 0 Å². The predicted molar refractivity (Wildman–Crippen MR) is 63.7 cm³/mol. The van der Waals surface area contributed by atoms with Crippen LogP contribution in [0.3, 0.4) is 0 Å². The highest BCUT2D eigenvalue weighted by molar-refractivity contribution is 7.99. The van der Waals surface area contributed by atoms with Crippen LogP contribution in [0.15, 0.2) is 0 Å². The van der Waals surface area contributed by atoms with E-state index >= 15 is 0 Å². The Balaban J connectivity index is 2.11. The van der Waals surface area contributed by atoms with Crippen LogP contribution in [0, 0.1) is 5.92 Å². The zero-order valence-corrected chi connectivity index (χ0v) is 10.1. The number of hydrogen-bond acceptors (Lipinski definition) is 3. The maximum absolute atomic E-state index is 6.00. The summed E-state index contributed by atoms with van der Waals surface area (Å²) < 4.78 is 0. The molecule has 0 aromatic carbocycles. The molecule has 3 atom stereocenters. The lowest BCUT2D eigenvalue weighted by Gasteiger charge is -2.40. The first-order valence-corrected chi connectivity index (χ1v) is 6.88. The Kier molecular flexibility index (Phi) is 3.10. The largest absolute Gasteiger partial charge is 0.329 e. The molecule has 2 heterocycles. The average Bonchev–Trinajstić information content (AvgIpc) is 2.73. The summed E-state index contributed by atoms with van der Waals surface area (Å²) in [6, 6.07) is 0.743. The van der Waals surface area contributed by atoms with Crippen molar-refractivity contribution in [3.63, 3.8) is 0 Å². The summed E-state index contributed by atoms with van der Waals surface area (Å²) >= 11 is 2.07. The van der Waals surface area contributed by atoms with Crippen molar-refractivity contribution in [3.05, 3.63) is 0 Å². The van der Waals surface area contributed by atoms with Crippen LogP contribution in [0.25, 0.3) is 0 Å². The second-order valence-electron chi connectivity index (χ2n) is 5.07. The minimum atomic E-state index is 0.342. The number of nitrogens with zero attached hydrogens (tertiary/aromatic N) is 1. The van der Waals surface area contributed by atoms with Crippen LogP contribution >= 0.6 is 11.8 Å². The van der Waals surface area contributed by atoms with Crippen molar-refractivity contribution < 1.29 is 0 Å². The lowest BCUT2D eigenvalue weighted by Crippen LogP contribution is -2.55. The molecule has 14 heavy (non-hydrogen) atoms. The smallest absolute Gasteiger partial charge is 0.0432 e. The molecule has 3 heteroatoms. The molecule has 2 N–H and O–H groups in total. The first kappa shape index (κ1) is 10.8. The first-order valence-electron chi connectivity index (χ1n) is 5.72. The molecule has 0 radical (unpaired) electrons. The average molecular weight is 214 g/mol. The van der Waals surface area contributed by atoms with Crippen LogP contribution in [0.1, 0.15) is 26.7 Å². The minimum absolute atomic E-state index is 0.342. The highest BCUT2D eigenvalue weighted by atomic mass is 32.2. The van der Waals surface area contributed by atoms with Gasteiger partial charge in [-0.25, -0.2) is 0 Å². The van der Waals surface area contributed by atoms with Crippen molar-refractivity contribution in [2.24, 2.45) is 11.7 Å². The normalized spacial score (nSPS) is 44.8. The molecule has 0 aliphatic carbocycles. The van der Waals surface area contributed by atoms with Crippen LogP contribution in [-0.4, -0.2) is 41.1 Å². The van der Waals surface area contributed by atoms with Gasteiger partial charge in [0, 0.05) is 30.4 Å². The lowest BCUT2D eigenvalue weighted by molar-refractivity contribution is 0.107. The Morgan fingerprint density at radius 1 is 1.50 bits per heavy atom. The van der Waals surface area contributed by atoms with Gasteiger partial charge < -0.3 is 5.73 Å². The van der Waals surface area contributed by atoms with Gasteiger partial charge in [0.05, 0.1) is 0 Å². The fourth-order valence-electron chi connectivity index (χ4n) is 3.06. The molecule has 2 fully saturated rings. The SMILES string of the molecule is CC1CC(C)N(C2(CN)CCSC2)C1. The number of nitrogens with two attached hydrogens (primary N) is 1. The van der Waals surface area contributed by atoms with Gasteiger partial charge in [0.15, 0.2) is 0 Å². The van der Waals surface area contributed by atoms with Crippen molar-refractivity contribution in [1.82, 2.24) is 4.90 Å². The molecule has 2 aliphatic rings. The van der Waals surface area contributed by atoms with E-state index in [4.69, 9.17) is 5.73 Å². The van der Waals surface area contributed by atoms with E-state index in [0.29, 0.717) is 5.54 Å². The molecule has 2 saturated heterocycles. The molecule has 0 bridgehead atoms. The third-order valence-electron chi connectivity index (χ3n) is 3.86. The van der Waals surface area contributed by atoms with Crippen molar-refractivity contribution >= 4 is 11.8 Å². The summed E-state index contributed by atoms with van der Waals surface area (Å²) in [5.74, 6) is 3.41. The fraction of sp³-hybridized carbons (Fsp3) is 1.00. The Hall–Kier alpha value is 0.270. The van der Waals surface area contributed by atoms with Gasteiger partial charge in [0.1, 0.15) is 0 Å². The fourth-order valence-corrected chi connectivity index (χ4v) is 4.54. The van der Waals surface area contributed by atoms with Crippen molar-refractivity contribution in [2.75, 3.05) is 24.6 Å². The number of likely N-dealkylation sites (tertiary alicyclic amines) is 1. The van der Waals surface area contributed by atoms with E-state index in [1.54, 1.807) is 0 Å². The van der Waals surface area contributed by atoms with Gasteiger partial charge in [-0.2, -0.15) is 11.8 Å². The van der Waals surface area contributed by atoms with Gasteiger partial charge in [-0.1, -0.05) is 6.92 Å². The monoisotopic (exact) mass is 214 g/mol. The third kappa shape index (κ3) is 1.70. The van der Waals surface area contributed by atoms with E-state index in [-0.39, 0.29) is 0 Å². The Labute approximate surface area is 91.6 Å². The van der Waals surface area contributed by atoms with E-state index < -0.39 is 0 Å². The maximum Gasteiger partial charge on any atom is 0.0432 e. The Bertz CT molecular complexity index is 201. The zero-order valence-electron chi connectivity index (χ0n) is 9.33. The van der Waals surface area contributed by atoms with E-state index in [1.165, 1.54) is 30.9 Å². The molecule has 0 aromatic rings. The predicted octanol–water partition coefficient (Wildman–Crippen LogP) is 1.55. The van der Waals surface area contributed by atoms with Gasteiger partial charge in [-0.3, -0.25) is 4.90 Å². The van der Waals surface area contributed by atoms with Crippen LogP contribution in [0.2, 0.25) is 0 Å². The first-order chi connectivity index (χ1) is 6.68. The van der Waals surface area contributed by atoms with E-state index in [0.717, 1.165) is 18.5 Å². The molecular formula is C11H22N2S. The summed E-state index contributed by atoms with van der Waals surface area (Å²) in [6.45, 7) is 6.84. The summed E-state index contributed by atoms with van der Waals surface area (Å²) in [7, 11) is 0. The third-order valence-corrected chi connectivity index (χ3v) is 5.09. The highest BCUT2D eigenvalue weighted by Gasteiger charge is 2.44. The zero-order chi connectivity index (χ0) is 10.2. The van der Waals surface area contributed by atoms with E-state index in [2.05, 4.69) is 30.5 Å². The van der Waals surface area contributed by atoms with Crippen LogP contribution < -0.4 is 5.73 Å². The number of rotatable bonds is 2. The summed E-state index contributed by atoms with van der Waals surface area (Å²) in [6.07, 6.45) is 2.65. The van der Waals surface area contributed by atoms with Gasteiger partial charge in [-0.05, 0) is 31.4 Å². The van der Waals surface area contributed by atoms with Gasteiger partial charge in [0.25, 0.3) is 0 Å². The molecule has 0 amide bonds. The molecule has 0 saturated carbocycles. The van der Waals surface area contributed by atoms with Crippen LogP contribution in [-0.2, 0) is 0 Å². The van der Waals surface area contributed by atoms with Gasteiger partial charge in [-0.15, -0.1) is 0 Å². The molecule has 82 valence electrons. The molecule has 3 unspecified atom stereocenters. The molecule has 2 rings (SSSR count). The Morgan fingerprint density at radius 3 is 2.71 bits per heavy atom. The standard InChI is InChI=1S/C11H22N2S/c1-9-5-10(2)13(6-9)11(7-12)3-4-14-8-11/h9-10H,3-8,12H2,1-2H3. The van der Waals surface area contributed by atoms with Crippen LogP contribution in [0.5, 0.6) is 0 Å². The van der Waals surface area contributed by atoms with Crippen molar-refractivity contribution in [3.8, 4) is 0 Å². The maximum atomic E-state index is 6.00. The van der Waals surface area contributed by atoms with Gasteiger partial charge >= 0.3 is 0 Å². The van der Waals surface area contributed by atoms with Crippen LogP contribution in [0.4, 0.5) is 0 Å². The highest BCUT2D eigenvalue weighted by Crippen LogP contribution is 2.38. The topological polar surface area (TPSA) is 29.3 Å². The molecule has 2 aliphatic heterocycles. The van der Waals surface area contributed by atoms with Crippen molar-refractivity contribution in [2.45, 2.75) is 38.3 Å². The molecule has 0 spiro atoms. The second-order valence-corrected chi connectivity index (χ2v) is 6.18. The number of hydrogen-bond donors (Lipinski definition) is 1. The van der Waals surface area contributed by atoms with E-state index in [1.807, 2.05) is 0 Å². The second kappa shape index (κ2) is 4.03. The molecule has 2 nitrogen and oxygen atoms in total. The van der Waals surface area contributed by atoms with E-state index in [9.17, 15) is 0 Å². The summed E-state index contributed by atoms with van der Waals surface area (Å²) in [5.41, 5.74) is 6.34.